The van der Waals surface area contributed by atoms with Gasteiger partial charge in [-0.1, -0.05) is 48.5 Å². The van der Waals surface area contributed by atoms with Gasteiger partial charge < -0.3 is 18.0 Å². The highest BCUT2D eigenvalue weighted by atomic mass is 28.4. The van der Waals surface area contributed by atoms with Gasteiger partial charge in [-0.3, -0.25) is 4.79 Å². The number of carbonyl (C=O) groups excluding carboxylic acids is 1. The predicted molar refractivity (Wildman–Crippen MR) is 142 cm³/mol. The Morgan fingerprint density at radius 1 is 1.00 bits per heavy atom. The molecule has 0 amide bonds. The molecule has 1 aromatic heterocycles. The molecule has 0 radical (unpaired) electrons. The van der Waals surface area contributed by atoms with Gasteiger partial charge in [0.15, 0.2) is 16.6 Å². The lowest BCUT2D eigenvalue weighted by Gasteiger charge is -2.46. The lowest BCUT2D eigenvalue weighted by atomic mass is 9.68. The summed E-state index contributed by atoms with van der Waals surface area (Å²) in [4.78, 5) is 13.8. The van der Waals surface area contributed by atoms with Crippen molar-refractivity contribution in [2.75, 3.05) is 7.11 Å². The second kappa shape index (κ2) is 8.68. The first-order valence-electron chi connectivity index (χ1n) is 12.8. The van der Waals surface area contributed by atoms with Crippen LogP contribution in [0.25, 0.3) is 0 Å². The number of ketones is 1. The van der Waals surface area contributed by atoms with Crippen molar-refractivity contribution in [1.82, 2.24) is 0 Å². The minimum atomic E-state index is -2.21. The number of hydrogen-bond acceptors (Lipinski definition) is 5. The lowest BCUT2D eigenvalue weighted by molar-refractivity contribution is -0.135. The van der Waals surface area contributed by atoms with Crippen LogP contribution in [-0.4, -0.2) is 35.6 Å². The maximum absolute atomic E-state index is 13.8. The smallest absolute Gasteiger partial charge is 0.193 e. The third-order valence-corrected chi connectivity index (χ3v) is 18.6. The van der Waals surface area contributed by atoms with Gasteiger partial charge in [0.05, 0.1) is 23.9 Å². The molecule has 0 aromatic carbocycles. The monoisotopic (exact) mass is 508 g/mol. The zero-order valence-corrected chi connectivity index (χ0v) is 25.8. The van der Waals surface area contributed by atoms with Gasteiger partial charge in [-0.15, -0.1) is 0 Å². The summed E-state index contributed by atoms with van der Waals surface area (Å²) in [5, 5.41) is 0.0678. The van der Waals surface area contributed by atoms with Gasteiger partial charge in [0.2, 0.25) is 0 Å². The average Bonchev–Trinajstić information content (AvgIpc) is 3.23. The number of ether oxygens (including phenoxy) is 1. The van der Waals surface area contributed by atoms with Crippen LogP contribution in [0.5, 0.6) is 0 Å². The van der Waals surface area contributed by atoms with E-state index in [0.717, 1.165) is 11.3 Å². The van der Waals surface area contributed by atoms with Gasteiger partial charge in [0.1, 0.15) is 17.6 Å². The van der Waals surface area contributed by atoms with Gasteiger partial charge in [0.25, 0.3) is 0 Å². The van der Waals surface area contributed by atoms with E-state index in [1.54, 1.807) is 13.4 Å². The molecule has 1 aromatic rings. The maximum Gasteiger partial charge on any atom is 0.193 e. The van der Waals surface area contributed by atoms with Gasteiger partial charge in [-0.05, 0) is 55.2 Å². The Morgan fingerprint density at radius 3 is 2.03 bits per heavy atom. The molecule has 1 heterocycles. The number of furan rings is 1. The number of hydrogen-bond donors (Lipinski definition) is 0. The number of methoxy groups -OCH3 is 1. The molecule has 2 aliphatic carbocycles. The summed E-state index contributed by atoms with van der Waals surface area (Å²) in [6.45, 7) is 26.9. The van der Waals surface area contributed by atoms with E-state index >= 15 is 0 Å². The summed E-state index contributed by atoms with van der Waals surface area (Å²) in [6, 6.07) is 2.02. The first-order valence-corrected chi connectivity index (χ1v) is 18.6. The highest BCUT2D eigenvalue weighted by molar-refractivity contribution is 6.74. The van der Waals surface area contributed by atoms with E-state index in [2.05, 4.69) is 81.6 Å². The van der Waals surface area contributed by atoms with Crippen molar-refractivity contribution in [2.24, 2.45) is 17.3 Å². The molecule has 34 heavy (non-hydrogen) atoms. The Morgan fingerprint density at radius 2 is 1.53 bits per heavy atom. The van der Waals surface area contributed by atoms with E-state index in [9.17, 15) is 4.79 Å². The molecule has 0 saturated heterocycles. The van der Waals surface area contributed by atoms with E-state index in [1.807, 2.05) is 6.07 Å². The van der Waals surface area contributed by atoms with Gasteiger partial charge in [-0.2, -0.15) is 0 Å². The fourth-order valence-corrected chi connectivity index (χ4v) is 8.00. The Balaban J connectivity index is 2.23. The van der Waals surface area contributed by atoms with Crippen molar-refractivity contribution in [3.63, 3.8) is 0 Å². The minimum Gasteiger partial charge on any atom is -0.466 e. The third-order valence-electron chi connectivity index (χ3n) is 9.69. The molecule has 0 spiro atoms. The molecule has 7 heteroatoms. The van der Waals surface area contributed by atoms with Crippen molar-refractivity contribution in [3.8, 4) is 0 Å². The fraction of sp³-hybridized carbons (Fsp3) is 0.815. The molecule has 2 aliphatic rings. The normalized spacial score (nSPS) is 33.0. The Bertz CT molecular complexity index is 907. The van der Waals surface area contributed by atoms with Crippen LogP contribution in [-0.2, 0) is 18.4 Å². The molecule has 3 rings (SSSR count). The lowest BCUT2D eigenvalue weighted by Crippen LogP contribution is -2.49. The highest BCUT2D eigenvalue weighted by Gasteiger charge is 2.64. The van der Waals surface area contributed by atoms with Crippen LogP contribution in [0.3, 0.4) is 0 Å². The summed E-state index contributed by atoms with van der Waals surface area (Å²) >= 11 is 0. The average molecular weight is 509 g/mol. The fourth-order valence-electron chi connectivity index (χ4n) is 5.38. The summed E-state index contributed by atoms with van der Waals surface area (Å²) in [7, 11) is -2.62. The van der Waals surface area contributed by atoms with Crippen LogP contribution in [0.4, 0.5) is 0 Å². The summed E-state index contributed by atoms with van der Waals surface area (Å²) in [6.07, 6.45) is 1.38. The molecule has 5 nitrogen and oxygen atoms in total. The molecule has 0 bridgehead atoms. The summed E-state index contributed by atoms with van der Waals surface area (Å²) < 4.78 is 26.4. The number of fused-ring (bicyclic) bond motifs is 2. The van der Waals surface area contributed by atoms with E-state index in [-0.39, 0.29) is 46.0 Å². The molecular weight excluding hydrogens is 460 g/mol. The largest absolute Gasteiger partial charge is 0.466 e. The molecular formula is C27H48O5Si2. The van der Waals surface area contributed by atoms with Gasteiger partial charge >= 0.3 is 0 Å². The van der Waals surface area contributed by atoms with Crippen molar-refractivity contribution < 1.29 is 22.8 Å². The molecule has 194 valence electrons. The quantitative estimate of drug-likeness (QED) is 0.382. The molecule has 0 unspecified atom stereocenters. The minimum absolute atomic E-state index is 0.0139. The standard InChI is InChI=1S/C27H48O5Si2/c1-17-21-19(29-9)16-20(28)27(21,8)24(32-34(12,13)26(5,6)7)18-14-15-30-23(18)22(17)31-33(10,11)25(2,3)4/h14-15,17,19,21-22,24H,16H2,1-13H3/t17-,19-,21+,22+,24-,27+/m0/s1. The van der Waals surface area contributed by atoms with Crippen LogP contribution in [0, 0.1) is 17.3 Å². The Kier molecular flexibility index (Phi) is 7.11. The molecule has 1 saturated carbocycles. The van der Waals surface area contributed by atoms with E-state index < -0.39 is 22.0 Å². The van der Waals surface area contributed by atoms with Crippen molar-refractivity contribution in [2.45, 2.75) is 116 Å². The number of carbonyl (C=O) groups is 1. The zero-order valence-electron chi connectivity index (χ0n) is 23.8. The van der Waals surface area contributed by atoms with Gasteiger partial charge in [-0.25, -0.2) is 0 Å². The van der Waals surface area contributed by atoms with Gasteiger partial charge in [0, 0.05) is 25.0 Å². The first-order chi connectivity index (χ1) is 15.3. The molecule has 0 N–H and O–H groups in total. The SMILES string of the molecule is CO[C@H]1CC(=O)[C@]2(C)[C@@H]1[C@H](C)[C@@H](O[Si](C)(C)C(C)(C)C)c1occc1[C@@H]2O[Si](C)(C)C(C)(C)C. The van der Waals surface area contributed by atoms with E-state index in [1.165, 1.54) is 0 Å². The molecule has 1 fully saturated rings. The highest BCUT2D eigenvalue weighted by Crippen LogP contribution is 2.62. The number of rotatable bonds is 5. The number of Topliss-reactive ketones (excluding diaryl/α,β-unsaturated/α-hetero) is 1. The molecule has 6 atom stereocenters. The summed E-state index contributed by atoms with van der Waals surface area (Å²) in [5.74, 6) is 1.06. The Hall–Kier alpha value is -0.736. The Labute approximate surface area is 209 Å². The topological polar surface area (TPSA) is 57.9 Å². The predicted octanol–water partition coefficient (Wildman–Crippen LogP) is 7.67. The first kappa shape index (κ1) is 27.8. The van der Waals surface area contributed by atoms with Crippen LogP contribution in [0.2, 0.25) is 36.3 Å². The van der Waals surface area contributed by atoms with Crippen LogP contribution >= 0.6 is 0 Å². The van der Waals surface area contributed by atoms with Crippen molar-refractivity contribution >= 4 is 22.4 Å². The molecule has 0 aliphatic heterocycles. The van der Waals surface area contributed by atoms with Crippen LogP contribution < -0.4 is 0 Å². The van der Waals surface area contributed by atoms with Crippen LogP contribution in [0.15, 0.2) is 16.7 Å². The van der Waals surface area contributed by atoms with E-state index in [0.29, 0.717) is 6.42 Å². The van der Waals surface area contributed by atoms with E-state index in [4.69, 9.17) is 18.0 Å². The second-order valence-corrected chi connectivity index (χ2v) is 23.4. The van der Waals surface area contributed by atoms with Crippen molar-refractivity contribution in [3.05, 3.63) is 23.7 Å². The second-order valence-electron chi connectivity index (χ2n) is 13.9. The maximum atomic E-state index is 13.8. The van der Waals surface area contributed by atoms with Crippen LogP contribution in [0.1, 0.15) is 85.3 Å². The zero-order chi connectivity index (χ0) is 26.1. The summed E-state index contributed by atoms with van der Waals surface area (Å²) in [5.41, 5.74) is 0.273. The third kappa shape index (κ3) is 4.34. The van der Waals surface area contributed by atoms with Crippen molar-refractivity contribution in [1.29, 1.82) is 0 Å².